The standard InChI is InChI=1S/C20H23FN2O3/c1-20(26-19-10-9-17(23(24)25)14-18(19)21)11-13-22(15-20)12-5-8-16-6-3-2-4-7-16/h2-4,6-7,9-10,14H,5,8,11-13,15H2,1H3. The van der Waals surface area contributed by atoms with Crippen molar-refractivity contribution in [3.8, 4) is 5.75 Å². The predicted molar refractivity (Wildman–Crippen MR) is 97.9 cm³/mol. The lowest BCUT2D eigenvalue weighted by Gasteiger charge is -2.26. The summed E-state index contributed by atoms with van der Waals surface area (Å²) in [5, 5.41) is 10.7. The fourth-order valence-corrected chi connectivity index (χ4v) is 3.40. The summed E-state index contributed by atoms with van der Waals surface area (Å²) in [7, 11) is 0. The van der Waals surface area contributed by atoms with Crippen LogP contribution in [0.3, 0.4) is 0 Å². The predicted octanol–water partition coefficient (Wildman–Crippen LogP) is 4.21. The lowest BCUT2D eigenvalue weighted by molar-refractivity contribution is -0.385. The highest BCUT2D eigenvalue weighted by molar-refractivity contribution is 5.38. The zero-order valence-corrected chi connectivity index (χ0v) is 14.9. The first-order chi connectivity index (χ1) is 12.5. The number of halogens is 1. The van der Waals surface area contributed by atoms with E-state index in [9.17, 15) is 14.5 Å². The highest BCUT2D eigenvalue weighted by Crippen LogP contribution is 2.31. The highest BCUT2D eigenvalue weighted by Gasteiger charge is 2.36. The van der Waals surface area contributed by atoms with E-state index >= 15 is 0 Å². The normalized spacial score (nSPS) is 20.2. The van der Waals surface area contributed by atoms with Gasteiger partial charge in [0, 0.05) is 25.6 Å². The number of non-ortho nitro benzene ring substituents is 1. The Kier molecular flexibility index (Phi) is 5.52. The maximum atomic E-state index is 14.1. The van der Waals surface area contributed by atoms with Crippen LogP contribution in [-0.4, -0.2) is 35.1 Å². The highest BCUT2D eigenvalue weighted by atomic mass is 19.1. The van der Waals surface area contributed by atoms with Crippen molar-refractivity contribution in [3.63, 3.8) is 0 Å². The number of hydrogen-bond donors (Lipinski definition) is 0. The lowest BCUT2D eigenvalue weighted by Crippen LogP contribution is -2.36. The van der Waals surface area contributed by atoms with Gasteiger partial charge in [-0.25, -0.2) is 4.39 Å². The van der Waals surface area contributed by atoms with Gasteiger partial charge in [-0.15, -0.1) is 0 Å². The first kappa shape index (κ1) is 18.3. The van der Waals surface area contributed by atoms with Crippen LogP contribution in [0.1, 0.15) is 25.3 Å². The first-order valence-electron chi connectivity index (χ1n) is 8.84. The van der Waals surface area contributed by atoms with E-state index < -0.39 is 16.3 Å². The molecule has 0 saturated carbocycles. The zero-order chi connectivity index (χ0) is 18.6. The van der Waals surface area contributed by atoms with Gasteiger partial charge in [0.15, 0.2) is 11.6 Å². The Hall–Kier alpha value is -2.47. The van der Waals surface area contributed by atoms with Crippen molar-refractivity contribution in [3.05, 3.63) is 70.0 Å². The molecule has 2 aromatic rings. The van der Waals surface area contributed by atoms with Crippen LogP contribution in [0.2, 0.25) is 0 Å². The molecule has 0 aromatic heterocycles. The third-order valence-electron chi connectivity index (χ3n) is 4.78. The Labute approximate surface area is 152 Å². The van der Waals surface area contributed by atoms with Crippen molar-refractivity contribution in [1.82, 2.24) is 4.90 Å². The number of likely N-dealkylation sites (tertiary alicyclic amines) is 1. The molecule has 0 amide bonds. The molecule has 3 rings (SSSR count). The molecule has 1 atom stereocenters. The van der Waals surface area contributed by atoms with E-state index in [1.54, 1.807) is 0 Å². The number of nitrogens with zero attached hydrogens (tertiary/aromatic N) is 2. The molecule has 1 fully saturated rings. The summed E-state index contributed by atoms with van der Waals surface area (Å²) in [5.41, 5.74) is 0.580. The van der Waals surface area contributed by atoms with Gasteiger partial charge in [-0.2, -0.15) is 0 Å². The van der Waals surface area contributed by atoms with Crippen LogP contribution in [0, 0.1) is 15.9 Å². The van der Waals surface area contributed by atoms with Gasteiger partial charge in [0.25, 0.3) is 5.69 Å². The molecule has 0 N–H and O–H groups in total. The van der Waals surface area contributed by atoms with Gasteiger partial charge >= 0.3 is 0 Å². The van der Waals surface area contributed by atoms with E-state index in [-0.39, 0.29) is 11.4 Å². The molecule has 1 heterocycles. The molecule has 1 saturated heterocycles. The Morgan fingerprint density at radius 1 is 1.27 bits per heavy atom. The van der Waals surface area contributed by atoms with Gasteiger partial charge in [0.1, 0.15) is 5.60 Å². The average Bonchev–Trinajstić information content (AvgIpc) is 2.98. The number of ether oxygens (including phenoxy) is 1. The second-order valence-corrected chi connectivity index (χ2v) is 7.04. The maximum absolute atomic E-state index is 14.1. The summed E-state index contributed by atoms with van der Waals surface area (Å²) in [4.78, 5) is 12.4. The number of aryl methyl sites for hydroxylation is 1. The summed E-state index contributed by atoms with van der Waals surface area (Å²) in [6, 6.07) is 13.9. The molecule has 2 aromatic carbocycles. The molecule has 0 spiro atoms. The smallest absolute Gasteiger partial charge is 0.272 e. The van der Waals surface area contributed by atoms with Gasteiger partial charge in [-0.3, -0.25) is 15.0 Å². The van der Waals surface area contributed by atoms with Crippen LogP contribution >= 0.6 is 0 Å². The van der Waals surface area contributed by atoms with Crippen molar-refractivity contribution < 1.29 is 14.1 Å². The Balaban J connectivity index is 1.52. The largest absolute Gasteiger partial charge is 0.483 e. The summed E-state index contributed by atoms with van der Waals surface area (Å²) < 4.78 is 20.0. The Morgan fingerprint density at radius 3 is 2.73 bits per heavy atom. The third kappa shape index (κ3) is 4.58. The maximum Gasteiger partial charge on any atom is 0.272 e. The van der Waals surface area contributed by atoms with E-state index in [4.69, 9.17) is 4.74 Å². The number of hydrogen-bond acceptors (Lipinski definition) is 4. The molecule has 0 aliphatic carbocycles. The fourth-order valence-electron chi connectivity index (χ4n) is 3.40. The SMILES string of the molecule is CC1(Oc2ccc([N+](=O)[O-])cc2F)CCN(CCCc2ccccc2)C1. The molecule has 6 heteroatoms. The second kappa shape index (κ2) is 7.83. The number of nitro benzene ring substituents is 1. The van der Waals surface area contributed by atoms with Gasteiger partial charge < -0.3 is 4.74 Å². The molecule has 1 aliphatic heterocycles. The summed E-state index contributed by atoms with van der Waals surface area (Å²) >= 11 is 0. The molecule has 0 bridgehead atoms. The Morgan fingerprint density at radius 2 is 2.04 bits per heavy atom. The van der Waals surface area contributed by atoms with Gasteiger partial charge in [0.05, 0.1) is 11.0 Å². The van der Waals surface area contributed by atoms with Crippen LogP contribution in [0.25, 0.3) is 0 Å². The van der Waals surface area contributed by atoms with Crippen LogP contribution in [0.4, 0.5) is 10.1 Å². The molecular formula is C20H23FN2O3. The van der Waals surface area contributed by atoms with Crippen LogP contribution in [0.15, 0.2) is 48.5 Å². The zero-order valence-electron chi connectivity index (χ0n) is 14.9. The van der Waals surface area contributed by atoms with E-state index in [1.807, 2.05) is 13.0 Å². The minimum absolute atomic E-state index is 0.0734. The summed E-state index contributed by atoms with van der Waals surface area (Å²) in [6.45, 7) is 4.56. The average molecular weight is 358 g/mol. The number of nitro groups is 1. The van der Waals surface area contributed by atoms with Crippen LogP contribution in [-0.2, 0) is 6.42 Å². The quantitative estimate of drug-likeness (QED) is 0.550. The summed E-state index contributed by atoms with van der Waals surface area (Å²) in [6.07, 6.45) is 2.90. The number of rotatable bonds is 7. The van der Waals surface area contributed by atoms with E-state index in [0.717, 1.165) is 45.0 Å². The minimum atomic E-state index is -0.692. The Bertz CT molecular complexity index is 769. The van der Waals surface area contributed by atoms with Crippen molar-refractivity contribution in [2.45, 2.75) is 31.8 Å². The lowest BCUT2D eigenvalue weighted by atomic mass is 10.1. The molecule has 1 unspecified atom stereocenters. The van der Waals surface area contributed by atoms with E-state index in [0.29, 0.717) is 0 Å². The molecule has 0 radical (unpaired) electrons. The van der Waals surface area contributed by atoms with Crippen molar-refractivity contribution in [2.75, 3.05) is 19.6 Å². The van der Waals surface area contributed by atoms with Gasteiger partial charge in [-0.1, -0.05) is 30.3 Å². The monoisotopic (exact) mass is 358 g/mol. The molecular weight excluding hydrogens is 335 g/mol. The fraction of sp³-hybridized carbons (Fsp3) is 0.400. The third-order valence-corrected chi connectivity index (χ3v) is 4.78. The number of benzene rings is 2. The molecule has 138 valence electrons. The van der Waals surface area contributed by atoms with E-state index in [2.05, 4.69) is 29.2 Å². The van der Waals surface area contributed by atoms with Gasteiger partial charge in [-0.05, 0) is 37.9 Å². The minimum Gasteiger partial charge on any atom is -0.483 e. The molecule has 5 nitrogen and oxygen atoms in total. The van der Waals surface area contributed by atoms with Crippen molar-refractivity contribution in [2.24, 2.45) is 0 Å². The van der Waals surface area contributed by atoms with Gasteiger partial charge in [0.2, 0.25) is 0 Å². The van der Waals surface area contributed by atoms with Crippen molar-refractivity contribution >= 4 is 5.69 Å². The molecule has 26 heavy (non-hydrogen) atoms. The topological polar surface area (TPSA) is 55.6 Å². The van der Waals surface area contributed by atoms with Crippen molar-refractivity contribution in [1.29, 1.82) is 0 Å². The van der Waals surface area contributed by atoms with E-state index in [1.165, 1.54) is 17.7 Å². The first-order valence-corrected chi connectivity index (χ1v) is 8.84. The molecule has 1 aliphatic rings. The van der Waals surface area contributed by atoms with Crippen LogP contribution in [0.5, 0.6) is 5.75 Å². The van der Waals surface area contributed by atoms with Crippen LogP contribution < -0.4 is 4.74 Å². The second-order valence-electron chi connectivity index (χ2n) is 7.04. The summed E-state index contributed by atoms with van der Waals surface area (Å²) in [5.74, 6) is -0.618.